The molecule has 108 valence electrons. The van der Waals surface area contributed by atoms with Gasteiger partial charge < -0.3 is 10.1 Å². The lowest BCUT2D eigenvalue weighted by Gasteiger charge is -2.40. The zero-order valence-corrected chi connectivity index (χ0v) is 12.1. The van der Waals surface area contributed by atoms with Crippen molar-refractivity contribution in [2.45, 2.75) is 24.2 Å². The zero-order chi connectivity index (χ0) is 14.4. The highest BCUT2D eigenvalue weighted by atomic mass is 32.2. The largest absolute Gasteiger partial charge is 0.465 e. The molecule has 0 unspecified atom stereocenters. The Balaban J connectivity index is 2.13. The molecule has 6 heteroatoms. The molecule has 20 heavy (non-hydrogen) atoms. The van der Waals surface area contributed by atoms with Gasteiger partial charge in [-0.05, 0) is 25.0 Å². The lowest BCUT2D eigenvalue weighted by Crippen LogP contribution is -2.40. The molecule has 1 aromatic rings. The zero-order valence-electron chi connectivity index (χ0n) is 11.3. The smallest absolute Gasteiger partial charge is 0.340 e. The minimum Gasteiger partial charge on any atom is -0.465 e. The van der Waals surface area contributed by atoms with Crippen molar-refractivity contribution >= 4 is 21.5 Å². The predicted molar refractivity (Wildman–Crippen MR) is 74.6 cm³/mol. The number of nitrogens with one attached hydrogen (secondary N) is 1. The van der Waals surface area contributed by atoms with Gasteiger partial charge in [-0.1, -0.05) is 12.5 Å². The number of anilines is 1. The van der Waals surface area contributed by atoms with Crippen molar-refractivity contribution in [3.05, 3.63) is 23.8 Å². The average molecular weight is 295 g/mol. The molecule has 0 atom stereocenters. The van der Waals surface area contributed by atoms with Gasteiger partial charge in [0.25, 0.3) is 0 Å². The summed E-state index contributed by atoms with van der Waals surface area (Å²) in [6.07, 6.45) is 2.90. The number of esters is 1. The standard InChI is InChI=1S/C14H17NO4S/c1-19-13(16)10-4-2-5-11-12(10)15-8-14(6-3-7-14)9-20(11,17)18/h2,4-5,15H,3,6-9H2,1H3. The fourth-order valence-electron chi connectivity index (χ4n) is 3.06. The lowest BCUT2D eigenvalue weighted by molar-refractivity contribution is 0.0601. The summed E-state index contributed by atoms with van der Waals surface area (Å²) in [5.74, 6) is -0.362. The summed E-state index contributed by atoms with van der Waals surface area (Å²) >= 11 is 0. The molecule has 5 nitrogen and oxygen atoms in total. The van der Waals surface area contributed by atoms with Crippen LogP contribution >= 0.6 is 0 Å². The maximum atomic E-state index is 12.6. The van der Waals surface area contributed by atoms with Gasteiger partial charge in [-0.2, -0.15) is 0 Å². The van der Waals surface area contributed by atoms with E-state index in [1.165, 1.54) is 7.11 Å². The maximum absolute atomic E-state index is 12.6. The molecule has 1 saturated carbocycles. The molecule has 1 aliphatic heterocycles. The van der Waals surface area contributed by atoms with Gasteiger partial charge in [-0.3, -0.25) is 0 Å². The molecule has 1 spiro atoms. The quantitative estimate of drug-likeness (QED) is 0.800. The van der Waals surface area contributed by atoms with E-state index in [1.54, 1.807) is 18.2 Å². The van der Waals surface area contributed by atoms with E-state index in [-0.39, 0.29) is 21.6 Å². The van der Waals surface area contributed by atoms with Crippen molar-refractivity contribution in [3.63, 3.8) is 0 Å². The Hall–Kier alpha value is -1.56. The molecule has 1 N–H and O–H groups in total. The van der Waals surface area contributed by atoms with Crippen LogP contribution < -0.4 is 5.32 Å². The number of methoxy groups -OCH3 is 1. The molecule has 1 aliphatic carbocycles. The molecule has 3 rings (SSSR count). The lowest BCUT2D eigenvalue weighted by atomic mass is 9.70. The molecule has 1 aromatic carbocycles. The van der Waals surface area contributed by atoms with Crippen molar-refractivity contribution in [1.29, 1.82) is 0 Å². The normalized spacial score (nSPS) is 22.1. The van der Waals surface area contributed by atoms with E-state index in [2.05, 4.69) is 5.32 Å². The average Bonchev–Trinajstić information content (AvgIpc) is 2.52. The van der Waals surface area contributed by atoms with E-state index < -0.39 is 15.8 Å². The van der Waals surface area contributed by atoms with Gasteiger partial charge in [0.1, 0.15) is 0 Å². The molecule has 0 aromatic heterocycles. The van der Waals surface area contributed by atoms with Crippen LogP contribution in [0, 0.1) is 5.41 Å². The number of fused-ring (bicyclic) bond motifs is 1. The van der Waals surface area contributed by atoms with E-state index in [9.17, 15) is 13.2 Å². The summed E-state index contributed by atoms with van der Waals surface area (Å²) in [6, 6.07) is 4.73. The molecule has 1 fully saturated rings. The molecular formula is C14H17NO4S. The van der Waals surface area contributed by atoms with Crippen molar-refractivity contribution in [2.75, 3.05) is 24.7 Å². The van der Waals surface area contributed by atoms with E-state index >= 15 is 0 Å². The Morgan fingerprint density at radius 1 is 1.35 bits per heavy atom. The van der Waals surface area contributed by atoms with Crippen LogP contribution in [0.5, 0.6) is 0 Å². The SMILES string of the molecule is COC(=O)c1cccc2c1NCC1(CCC1)CS2(=O)=O. The summed E-state index contributed by atoms with van der Waals surface area (Å²) in [6.45, 7) is 0.591. The third-order valence-electron chi connectivity index (χ3n) is 4.32. The minimum atomic E-state index is -3.38. The van der Waals surface area contributed by atoms with Crippen LogP contribution in [0.2, 0.25) is 0 Å². The van der Waals surface area contributed by atoms with Crippen molar-refractivity contribution in [2.24, 2.45) is 5.41 Å². The van der Waals surface area contributed by atoms with Gasteiger partial charge in [-0.15, -0.1) is 0 Å². The predicted octanol–water partition coefficient (Wildman–Crippen LogP) is 1.84. The van der Waals surface area contributed by atoms with Crippen LogP contribution in [0.4, 0.5) is 5.69 Å². The maximum Gasteiger partial charge on any atom is 0.340 e. The molecule has 1 heterocycles. The number of hydrogen-bond donors (Lipinski definition) is 1. The summed E-state index contributed by atoms with van der Waals surface area (Å²) in [4.78, 5) is 12.0. The highest BCUT2D eigenvalue weighted by molar-refractivity contribution is 7.91. The number of rotatable bonds is 1. The number of carbonyl (C=O) groups is 1. The van der Waals surface area contributed by atoms with Crippen LogP contribution in [0.25, 0.3) is 0 Å². The second-order valence-electron chi connectivity index (χ2n) is 5.64. The van der Waals surface area contributed by atoms with E-state index in [0.29, 0.717) is 12.2 Å². The van der Waals surface area contributed by atoms with Crippen LogP contribution in [-0.4, -0.2) is 33.8 Å². The monoisotopic (exact) mass is 295 g/mol. The second-order valence-corrected chi connectivity index (χ2v) is 7.59. The Bertz CT molecular complexity index is 662. The number of sulfone groups is 1. The first-order valence-electron chi connectivity index (χ1n) is 6.65. The highest BCUT2D eigenvalue weighted by Gasteiger charge is 2.44. The number of ether oxygens (including phenoxy) is 1. The summed E-state index contributed by atoms with van der Waals surface area (Å²) in [5, 5.41) is 3.18. The Morgan fingerprint density at radius 3 is 2.70 bits per heavy atom. The highest BCUT2D eigenvalue weighted by Crippen LogP contribution is 2.46. The van der Waals surface area contributed by atoms with Crippen molar-refractivity contribution < 1.29 is 17.9 Å². The first-order valence-corrected chi connectivity index (χ1v) is 8.31. The molecule has 2 aliphatic rings. The van der Waals surface area contributed by atoms with Crippen molar-refractivity contribution in [3.8, 4) is 0 Å². The first kappa shape index (κ1) is 13.4. The fraction of sp³-hybridized carbons (Fsp3) is 0.500. The van der Waals surface area contributed by atoms with Gasteiger partial charge in [-0.25, -0.2) is 13.2 Å². The summed E-state index contributed by atoms with van der Waals surface area (Å²) in [7, 11) is -2.09. The Labute approximate surface area is 118 Å². The second kappa shape index (κ2) is 4.48. The number of benzene rings is 1. The van der Waals surface area contributed by atoms with Crippen LogP contribution in [0.3, 0.4) is 0 Å². The van der Waals surface area contributed by atoms with Gasteiger partial charge >= 0.3 is 5.97 Å². The number of carbonyl (C=O) groups excluding carboxylic acids is 1. The van der Waals surface area contributed by atoms with Gasteiger partial charge in [0.15, 0.2) is 9.84 Å². The van der Waals surface area contributed by atoms with E-state index in [0.717, 1.165) is 19.3 Å². The Morgan fingerprint density at radius 2 is 2.10 bits per heavy atom. The molecule has 0 amide bonds. The van der Waals surface area contributed by atoms with Gasteiger partial charge in [0, 0.05) is 12.0 Å². The third kappa shape index (κ3) is 1.98. The molecular weight excluding hydrogens is 278 g/mol. The third-order valence-corrected chi connectivity index (χ3v) is 6.32. The molecule has 0 saturated heterocycles. The van der Waals surface area contributed by atoms with Crippen LogP contribution in [0.15, 0.2) is 23.1 Å². The van der Waals surface area contributed by atoms with Crippen molar-refractivity contribution in [1.82, 2.24) is 0 Å². The topological polar surface area (TPSA) is 72.5 Å². The minimum absolute atomic E-state index is 0.157. The van der Waals surface area contributed by atoms with E-state index in [1.807, 2.05) is 0 Å². The van der Waals surface area contributed by atoms with Gasteiger partial charge in [0.2, 0.25) is 0 Å². The summed E-state index contributed by atoms with van der Waals surface area (Å²) in [5.41, 5.74) is 0.499. The number of para-hydroxylation sites is 1. The van der Waals surface area contributed by atoms with Crippen LogP contribution in [-0.2, 0) is 14.6 Å². The fourth-order valence-corrected chi connectivity index (χ4v) is 5.19. The van der Waals surface area contributed by atoms with Gasteiger partial charge in [0.05, 0.1) is 29.0 Å². The Kier molecular flexibility index (Phi) is 3.01. The summed E-state index contributed by atoms with van der Waals surface area (Å²) < 4.78 is 29.9. The van der Waals surface area contributed by atoms with Crippen LogP contribution in [0.1, 0.15) is 29.6 Å². The number of hydrogen-bond acceptors (Lipinski definition) is 5. The molecule has 0 radical (unpaired) electrons. The molecule has 0 bridgehead atoms. The first-order chi connectivity index (χ1) is 9.47. The van der Waals surface area contributed by atoms with E-state index in [4.69, 9.17) is 4.74 Å².